The molecular formula is C9H13N3O2. The van der Waals surface area contributed by atoms with Gasteiger partial charge in [-0.05, 0) is 24.3 Å². The van der Waals surface area contributed by atoms with Gasteiger partial charge in [-0.2, -0.15) is 0 Å². The van der Waals surface area contributed by atoms with Crippen LogP contribution in [0.2, 0.25) is 0 Å². The van der Waals surface area contributed by atoms with E-state index in [-0.39, 0.29) is 0 Å². The third kappa shape index (κ3) is 2.63. The number of hydrazine groups is 1. The molecule has 0 saturated heterocycles. The predicted molar refractivity (Wildman–Crippen MR) is 54.1 cm³/mol. The number of carbonyl (C=O) groups is 1. The molecule has 1 aromatic carbocycles. The second-order valence-electron chi connectivity index (χ2n) is 2.92. The van der Waals surface area contributed by atoms with Crippen LogP contribution in [0.25, 0.3) is 0 Å². The number of nitrogens with one attached hydrogen (secondary N) is 1. The first-order valence-electron chi connectivity index (χ1n) is 4.09. The highest BCUT2D eigenvalue weighted by Crippen LogP contribution is 2.17. The first-order valence-corrected chi connectivity index (χ1v) is 4.09. The molecule has 1 rings (SSSR count). The number of nitrogens with two attached hydrogens (primary N) is 1. The second-order valence-corrected chi connectivity index (χ2v) is 2.92. The van der Waals surface area contributed by atoms with E-state index in [0.29, 0.717) is 5.75 Å². The van der Waals surface area contributed by atoms with E-state index < -0.39 is 6.09 Å². The fourth-order valence-electron chi connectivity index (χ4n) is 0.949. The molecule has 0 radical (unpaired) electrons. The Morgan fingerprint density at radius 2 is 1.93 bits per heavy atom. The lowest BCUT2D eigenvalue weighted by Gasteiger charge is -2.12. The molecule has 1 amide bonds. The van der Waals surface area contributed by atoms with Crippen LogP contribution in [0, 0.1) is 0 Å². The Morgan fingerprint density at radius 3 is 2.36 bits per heavy atom. The molecule has 0 aromatic heterocycles. The van der Waals surface area contributed by atoms with E-state index in [2.05, 4.69) is 0 Å². The normalized spacial score (nSPS) is 9.36. The summed E-state index contributed by atoms with van der Waals surface area (Å²) in [5.74, 6) is 5.32. The van der Waals surface area contributed by atoms with Crippen LogP contribution in [0.4, 0.5) is 10.5 Å². The SMILES string of the molecule is CN(C)c1ccc(OC(=O)NN)cc1. The summed E-state index contributed by atoms with van der Waals surface area (Å²) in [4.78, 5) is 12.7. The van der Waals surface area contributed by atoms with Crippen LogP contribution in [0.3, 0.4) is 0 Å². The lowest BCUT2D eigenvalue weighted by Crippen LogP contribution is -2.32. The van der Waals surface area contributed by atoms with E-state index in [0.717, 1.165) is 5.69 Å². The standard InChI is InChI=1S/C9H13N3O2/c1-12(2)7-3-5-8(6-4-7)14-9(13)11-10/h3-6H,10H2,1-2H3,(H,11,13). The third-order valence-corrected chi connectivity index (χ3v) is 1.68. The molecule has 14 heavy (non-hydrogen) atoms. The van der Waals surface area contributed by atoms with E-state index in [4.69, 9.17) is 10.6 Å². The number of benzene rings is 1. The molecule has 0 fully saturated rings. The summed E-state index contributed by atoms with van der Waals surface area (Å²) < 4.78 is 4.80. The predicted octanol–water partition coefficient (Wildman–Crippen LogP) is 0.715. The van der Waals surface area contributed by atoms with Gasteiger partial charge >= 0.3 is 6.09 Å². The molecular weight excluding hydrogens is 182 g/mol. The smallest absolute Gasteiger partial charge is 0.409 e. The van der Waals surface area contributed by atoms with Gasteiger partial charge in [-0.1, -0.05) is 0 Å². The fraction of sp³-hybridized carbons (Fsp3) is 0.222. The molecule has 5 nitrogen and oxygen atoms in total. The van der Waals surface area contributed by atoms with E-state index in [1.165, 1.54) is 0 Å². The fourth-order valence-corrected chi connectivity index (χ4v) is 0.949. The minimum Gasteiger partial charge on any atom is -0.409 e. The van der Waals surface area contributed by atoms with E-state index in [9.17, 15) is 4.79 Å². The molecule has 0 spiro atoms. The number of amides is 1. The van der Waals surface area contributed by atoms with Gasteiger partial charge in [0, 0.05) is 19.8 Å². The summed E-state index contributed by atoms with van der Waals surface area (Å²) in [6.07, 6.45) is -0.678. The molecule has 5 heteroatoms. The lowest BCUT2D eigenvalue weighted by atomic mass is 10.3. The zero-order valence-corrected chi connectivity index (χ0v) is 8.15. The van der Waals surface area contributed by atoms with Crippen molar-refractivity contribution < 1.29 is 9.53 Å². The molecule has 0 atom stereocenters. The molecule has 1 aromatic rings. The Morgan fingerprint density at radius 1 is 1.36 bits per heavy atom. The van der Waals surface area contributed by atoms with Crippen molar-refractivity contribution in [2.24, 2.45) is 5.84 Å². The van der Waals surface area contributed by atoms with E-state index in [1.807, 2.05) is 36.6 Å². The topological polar surface area (TPSA) is 67.6 Å². The molecule has 0 aliphatic rings. The number of nitrogens with zero attached hydrogens (tertiary/aromatic N) is 1. The zero-order chi connectivity index (χ0) is 10.6. The minimum absolute atomic E-state index is 0.457. The Bertz CT molecular complexity index is 308. The molecule has 0 saturated carbocycles. The highest BCUT2D eigenvalue weighted by atomic mass is 16.6. The number of anilines is 1. The quantitative estimate of drug-likeness (QED) is 0.414. The van der Waals surface area contributed by atoms with Crippen molar-refractivity contribution in [2.75, 3.05) is 19.0 Å². The largest absolute Gasteiger partial charge is 0.426 e. The minimum atomic E-state index is -0.678. The highest BCUT2D eigenvalue weighted by Gasteiger charge is 2.01. The zero-order valence-electron chi connectivity index (χ0n) is 8.15. The lowest BCUT2D eigenvalue weighted by molar-refractivity contribution is 0.201. The number of ether oxygens (including phenoxy) is 1. The molecule has 3 N–H and O–H groups in total. The molecule has 0 bridgehead atoms. The van der Waals surface area contributed by atoms with Crippen molar-refractivity contribution in [3.63, 3.8) is 0 Å². The van der Waals surface area contributed by atoms with Gasteiger partial charge in [0.25, 0.3) is 0 Å². The van der Waals surface area contributed by atoms with Crippen LogP contribution in [0.5, 0.6) is 5.75 Å². The van der Waals surface area contributed by atoms with Crippen LogP contribution in [-0.4, -0.2) is 20.2 Å². The Hall–Kier alpha value is -1.75. The van der Waals surface area contributed by atoms with Gasteiger partial charge < -0.3 is 9.64 Å². The summed E-state index contributed by atoms with van der Waals surface area (Å²) in [6.45, 7) is 0. The summed E-state index contributed by atoms with van der Waals surface area (Å²) in [5.41, 5.74) is 2.91. The maximum Gasteiger partial charge on any atom is 0.426 e. The van der Waals surface area contributed by atoms with Crippen molar-refractivity contribution >= 4 is 11.8 Å². The van der Waals surface area contributed by atoms with Crippen LogP contribution in [0.1, 0.15) is 0 Å². The highest BCUT2D eigenvalue weighted by molar-refractivity contribution is 5.69. The molecule has 0 aliphatic carbocycles. The Balaban J connectivity index is 2.69. The van der Waals surface area contributed by atoms with Crippen LogP contribution in [-0.2, 0) is 0 Å². The second kappa shape index (κ2) is 4.48. The first kappa shape index (κ1) is 10.3. The van der Waals surface area contributed by atoms with Crippen molar-refractivity contribution in [1.29, 1.82) is 0 Å². The molecule has 76 valence electrons. The van der Waals surface area contributed by atoms with Crippen molar-refractivity contribution in [3.8, 4) is 5.75 Å². The van der Waals surface area contributed by atoms with Gasteiger partial charge in [0.15, 0.2) is 0 Å². The van der Waals surface area contributed by atoms with Crippen LogP contribution in [0.15, 0.2) is 24.3 Å². The number of hydrogen-bond donors (Lipinski definition) is 2. The van der Waals surface area contributed by atoms with E-state index in [1.54, 1.807) is 12.1 Å². The van der Waals surface area contributed by atoms with Gasteiger partial charge in [-0.15, -0.1) is 0 Å². The summed E-state index contributed by atoms with van der Waals surface area (Å²) in [7, 11) is 3.87. The molecule has 0 aliphatic heterocycles. The number of rotatable bonds is 2. The van der Waals surface area contributed by atoms with Crippen molar-refractivity contribution in [2.45, 2.75) is 0 Å². The van der Waals surface area contributed by atoms with Gasteiger partial charge in [-0.25, -0.2) is 10.6 Å². The van der Waals surface area contributed by atoms with Crippen LogP contribution < -0.4 is 20.9 Å². The monoisotopic (exact) mass is 195 g/mol. The van der Waals surface area contributed by atoms with Gasteiger partial charge in [0.1, 0.15) is 5.75 Å². The Labute approximate surface area is 82.4 Å². The maximum atomic E-state index is 10.7. The van der Waals surface area contributed by atoms with Gasteiger partial charge in [0.05, 0.1) is 0 Å². The molecule has 0 unspecified atom stereocenters. The average Bonchev–Trinajstić information content (AvgIpc) is 2.18. The number of carbonyl (C=O) groups excluding carboxylic acids is 1. The third-order valence-electron chi connectivity index (χ3n) is 1.68. The summed E-state index contributed by atoms with van der Waals surface area (Å²) in [6, 6.07) is 7.09. The van der Waals surface area contributed by atoms with Crippen molar-refractivity contribution in [3.05, 3.63) is 24.3 Å². The van der Waals surface area contributed by atoms with Crippen LogP contribution >= 0.6 is 0 Å². The summed E-state index contributed by atoms with van der Waals surface area (Å²) >= 11 is 0. The van der Waals surface area contributed by atoms with E-state index >= 15 is 0 Å². The molecule has 0 heterocycles. The summed E-state index contributed by atoms with van der Waals surface area (Å²) in [5, 5.41) is 0. The van der Waals surface area contributed by atoms with Crippen molar-refractivity contribution in [1.82, 2.24) is 5.43 Å². The van der Waals surface area contributed by atoms with Gasteiger partial charge in [-0.3, -0.25) is 5.43 Å². The Kier molecular flexibility index (Phi) is 3.30. The first-order chi connectivity index (χ1) is 6.63. The van der Waals surface area contributed by atoms with Gasteiger partial charge in [0.2, 0.25) is 0 Å². The average molecular weight is 195 g/mol. The maximum absolute atomic E-state index is 10.7. The number of hydrogen-bond acceptors (Lipinski definition) is 4.